The molecule has 0 aliphatic carbocycles. The van der Waals surface area contributed by atoms with E-state index in [4.69, 9.17) is 5.73 Å². The Balaban J connectivity index is 2.38. The second kappa shape index (κ2) is 5.46. The summed E-state index contributed by atoms with van der Waals surface area (Å²) in [6.07, 6.45) is 1.16. The minimum absolute atomic E-state index is 0.212. The van der Waals surface area contributed by atoms with Gasteiger partial charge in [-0.3, -0.25) is 0 Å². The van der Waals surface area contributed by atoms with Gasteiger partial charge in [-0.05, 0) is 52.7 Å². The molecule has 20 heavy (non-hydrogen) atoms. The van der Waals surface area contributed by atoms with Gasteiger partial charge in [0.15, 0.2) is 9.84 Å². The predicted octanol–water partition coefficient (Wildman–Crippen LogP) is 3.49. The maximum atomic E-state index is 11.5. The van der Waals surface area contributed by atoms with E-state index in [0.717, 1.165) is 22.0 Å². The molecule has 2 aromatic rings. The van der Waals surface area contributed by atoms with Crippen molar-refractivity contribution >= 4 is 42.8 Å². The van der Waals surface area contributed by atoms with Gasteiger partial charge in [0.25, 0.3) is 0 Å². The van der Waals surface area contributed by atoms with Crippen molar-refractivity contribution in [2.24, 2.45) is 0 Å². The SMILES string of the molecule is Cc1cccc(Nc2ccc(S(C)(=O)=O)cc2N)c1Br. The lowest BCUT2D eigenvalue weighted by atomic mass is 10.2. The Hall–Kier alpha value is -1.53. The Labute approximate surface area is 127 Å². The topological polar surface area (TPSA) is 72.2 Å². The fraction of sp³-hybridized carbons (Fsp3) is 0.143. The highest BCUT2D eigenvalue weighted by molar-refractivity contribution is 9.10. The first-order chi connectivity index (χ1) is 9.29. The van der Waals surface area contributed by atoms with Gasteiger partial charge in [0.1, 0.15) is 0 Å². The normalized spacial score (nSPS) is 11.3. The van der Waals surface area contributed by atoms with Crippen molar-refractivity contribution in [2.75, 3.05) is 17.3 Å². The number of anilines is 3. The molecule has 0 atom stereocenters. The number of sulfone groups is 1. The molecule has 2 rings (SSSR count). The van der Waals surface area contributed by atoms with Crippen LogP contribution in [0.2, 0.25) is 0 Å². The summed E-state index contributed by atoms with van der Waals surface area (Å²) in [5.41, 5.74) is 8.95. The van der Waals surface area contributed by atoms with E-state index < -0.39 is 9.84 Å². The van der Waals surface area contributed by atoms with Crippen LogP contribution in [-0.2, 0) is 9.84 Å². The van der Waals surface area contributed by atoms with E-state index in [-0.39, 0.29) is 4.90 Å². The first-order valence-electron chi connectivity index (χ1n) is 5.91. The smallest absolute Gasteiger partial charge is 0.175 e. The van der Waals surface area contributed by atoms with Gasteiger partial charge in [-0.2, -0.15) is 0 Å². The van der Waals surface area contributed by atoms with E-state index in [1.807, 2.05) is 25.1 Å². The lowest BCUT2D eigenvalue weighted by molar-refractivity contribution is 0.602. The van der Waals surface area contributed by atoms with Crippen LogP contribution < -0.4 is 11.1 Å². The molecule has 0 bridgehead atoms. The quantitative estimate of drug-likeness (QED) is 0.827. The van der Waals surface area contributed by atoms with Gasteiger partial charge in [0, 0.05) is 10.7 Å². The molecule has 0 heterocycles. The number of aryl methyl sites for hydroxylation is 1. The summed E-state index contributed by atoms with van der Waals surface area (Å²) in [6.45, 7) is 1.99. The van der Waals surface area contributed by atoms with E-state index in [0.29, 0.717) is 11.4 Å². The fourth-order valence-corrected chi connectivity index (χ4v) is 2.79. The van der Waals surface area contributed by atoms with E-state index in [1.54, 1.807) is 6.07 Å². The zero-order valence-electron chi connectivity index (χ0n) is 11.1. The molecule has 0 aliphatic rings. The summed E-state index contributed by atoms with van der Waals surface area (Å²) in [5, 5.41) is 3.19. The number of hydrogen-bond donors (Lipinski definition) is 2. The van der Waals surface area contributed by atoms with Gasteiger partial charge >= 0.3 is 0 Å². The summed E-state index contributed by atoms with van der Waals surface area (Å²) in [4.78, 5) is 0.212. The number of rotatable bonds is 3. The molecule has 4 nitrogen and oxygen atoms in total. The number of nitrogens with one attached hydrogen (secondary N) is 1. The molecule has 0 fully saturated rings. The molecular weight excluding hydrogens is 340 g/mol. The van der Waals surface area contributed by atoms with Crippen molar-refractivity contribution in [3.63, 3.8) is 0 Å². The first kappa shape index (κ1) is 14.9. The number of nitrogen functional groups attached to an aromatic ring is 1. The Kier molecular flexibility index (Phi) is 4.06. The second-order valence-electron chi connectivity index (χ2n) is 4.58. The van der Waals surface area contributed by atoms with Gasteiger partial charge in [-0.15, -0.1) is 0 Å². The van der Waals surface area contributed by atoms with Crippen LogP contribution in [0.5, 0.6) is 0 Å². The summed E-state index contributed by atoms with van der Waals surface area (Å²) in [7, 11) is -3.25. The first-order valence-corrected chi connectivity index (χ1v) is 8.59. The minimum Gasteiger partial charge on any atom is -0.397 e. The van der Waals surface area contributed by atoms with Gasteiger partial charge < -0.3 is 11.1 Å². The van der Waals surface area contributed by atoms with Gasteiger partial charge in [0.2, 0.25) is 0 Å². The third-order valence-electron chi connectivity index (χ3n) is 2.91. The lowest BCUT2D eigenvalue weighted by Crippen LogP contribution is -2.02. The number of halogens is 1. The standard InChI is InChI=1S/C14H15BrN2O2S/c1-9-4-3-5-13(14(9)15)17-12-7-6-10(8-11(12)16)20(2,18)19/h3-8,17H,16H2,1-2H3. The summed E-state index contributed by atoms with van der Waals surface area (Å²) < 4.78 is 23.9. The van der Waals surface area contributed by atoms with Crippen molar-refractivity contribution in [1.82, 2.24) is 0 Å². The number of benzene rings is 2. The molecule has 0 unspecified atom stereocenters. The molecule has 0 radical (unpaired) electrons. The van der Waals surface area contributed by atoms with Crippen LogP contribution in [0.25, 0.3) is 0 Å². The van der Waals surface area contributed by atoms with Crippen LogP contribution in [0.3, 0.4) is 0 Å². The van der Waals surface area contributed by atoms with E-state index in [1.165, 1.54) is 12.1 Å². The maximum absolute atomic E-state index is 11.5. The zero-order valence-corrected chi connectivity index (χ0v) is 13.5. The van der Waals surface area contributed by atoms with E-state index in [9.17, 15) is 8.42 Å². The van der Waals surface area contributed by atoms with Crippen molar-refractivity contribution in [3.8, 4) is 0 Å². The lowest BCUT2D eigenvalue weighted by Gasteiger charge is -2.13. The summed E-state index contributed by atoms with van der Waals surface area (Å²) in [6, 6.07) is 10.5. The van der Waals surface area contributed by atoms with E-state index in [2.05, 4.69) is 21.2 Å². The van der Waals surface area contributed by atoms with Gasteiger partial charge in [-0.25, -0.2) is 8.42 Å². The van der Waals surface area contributed by atoms with Crippen LogP contribution in [0, 0.1) is 6.92 Å². The fourth-order valence-electron chi connectivity index (χ4n) is 1.77. The van der Waals surface area contributed by atoms with Crippen molar-refractivity contribution in [1.29, 1.82) is 0 Å². The average molecular weight is 355 g/mol. The highest BCUT2D eigenvalue weighted by atomic mass is 79.9. The molecule has 0 amide bonds. The molecule has 0 aliphatic heterocycles. The maximum Gasteiger partial charge on any atom is 0.175 e. The third kappa shape index (κ3) is 3.13. The van der Waals surface area contributed by atoms with Gasteiger partial charge in [0.05, 0.1) is 22.0 Å². The Morgan fingerprint density at radius 1 is 1.15 bits per heavy atom. The Bertz CT molecular complexity index is 758. The zero-order chi connectivity index (χ0) is 14.9. The van der Waals surface area contributed by atoms with Crippen LogP contribution in [0.1, 0.15) is 5.56 Å². The molecule has 0 saturated heterocycles. The number of nitrogens with two attached hydrogens (primary N) is 1. The second-order valence-corrected chi connectivity index (χ2v) is 7.39. The molecule has 0 aromatic heterocycles. The van der Waals surface area contributed by atoms with Crippen molar-refractivity contribution in [3.05, 3.63) is 46.4 Å². The van der Waals surface area contributed by atoms with E-state index >= 15 is 0 Å². The average Bonchev–Trinajstić information content (AvgIpc) is 2.36. The monoisotopic (exact) mass is 354 g/mol. The van der Waals surface area contributed by atoms with Crippen molar-refractivity contribution < 1.29 is 8.42 Å². The minimum atomic E-state index is -3.25. The number of hydrogen-bond acceptors (Lipinski definition) is 4. The Morgan fingerprint density at radius 3 is 2.45 bits per heavy atom. The molecule has 2 aromatic carbocycles. The van der Waals surface area contributed by atoms with Crippen molar-refractivity contribution in [2.45, 2.75) is 11.8 Å². The molecule has 106 valence electrons. The molecule has 0 saturated carbocycles. The molecule has 0 spiro atoms. The van der Waals surface area contributed by atoms with Crippen LogP contribution in [0.4, 0.5) is 17.1 Å². The molecule has 3 N–H and O–H groups in total. The summed E-state index contributed by atoms with van der Waals surface area (Å²) >= 11 is 3.51. The Morgan fingerprint density at radius 2 is 1.85 bits per heavy atom. The molecule has 6 heteroatoms. The highest BCUT2D eigenvalue weighted by Crippen LogP contribution is 2.31. The van der Waals surface area contributed by atoms with Crippen LogP contribution in [0.15, 0.2) is 45.8 Å². The van der Waals surface area contributed by atoms with Gasteiger partial charge in [-0.1, -0.05) is 12.1 Å². The van der Waals surface area contributed by atoms with Crippen LogP contribution >= 0.6 is 15.9 Å². The molecular formula is C14H15BrN2O2S. The third-order valence-corrected chi connectivity index (χ3v) is 5.08. The van der Waals surface area contributed by atoms with Crippen LogP contribution in [-0.4, -0.2) is 14.7 Å². The highest BCUT2D eigenvalue weighted by Gasteiger charge is 2.10. The summed E-state index contributed by atoms with van der Waals surface area (Å²) in [5.74, 6) is 0. The predicted molar refractivity (Wildman–Crippen MR) is 86.1 cm³/mol. The largest absolute Gasteiger partial charge is 0.397 e.